The molecule has 1 N–H and O–H groups in total. The summed E-state index contributed by atoms with van der Waals surface area (Å²) in [5.41, 5.74) is 1.42. The van der Waals surface area contributed by atoms with E-state index in [2.05, 4.69) is 9.97 Å². The Bertz CT molecular complexity index is 1220. The zero-order chi connectivity index (χ0) is 20.2. The fraction of sp³-hybridized carbons (Fsp3) is 0.389. The average Bonchev–Trinajstić information content (AvgIpc) is 3.18. The van der Waals surface area contributed by atoms with Gasteiger partial charge in [0.05, 0.1) is 18.1 Å². The first kappa shape index (κ1) is 18.6. The summed E-state index contributed by atoms with van der Waals surface area (Å²) in [5.74, 6) is -0.400. The Morgan fingerprint density at radius 1 is 1.15 bits per heavy atom. The summed E-state index contributed by atoms with van der Waals surface area (Å²) in [6, 6.07) is -0.753. The molecule has 3 aromatic rings. The molecule has 142 valence electrons. The summed E-state index contributed by atoms with van der Waals surface area (Å²) < 4.78 is 3.71. The van der Waals surface area contributed by atoms with Gasteiger partial charge in [-0.15, -0.1) is 0 Å². The summed E-state index contributed by atoms with van der Waals surface area (Å²) in [6.45, 7) is 6.56. The normalized spacial score (nSPS) is 12.5. The molecule has 0 aliphatic carbocycles. The zero-order valence-electron chi connectivity index (χ0n) is 16.1. The van der Waals surface area contributed by atoms with Crippen molar-refractivity contribution < 1.29 is 9.59 Å². The van der Waals surface area contributed by atoms with Gasteiger partial charge in [-0.25, -0.2) is 9.78 Å². The number of nitrogens with zero attached hydrogens (tertiary/aromatic N) is 4. The highest BCUT2D eigenvalue weighted by atomic mass is 16.2. The van der Waals surface area contributed by atoms with Crippen molar-refractivity contribution in [3.8, 4) is 0 Å². The Kier molecular flexibility index (Phi) is 4.25. The fourth-order valence-electron chi connectivity index (χ4n) is 3.52. The van der Waals surface area contributed by atoms with Crippen LogP contribution in [-0.2, 0) is 14.1 Å². The summed E-state index contributed by atoms with van der Waals surface area (Å²) in [5, 5.41) is 0. The second-order valence-electron chi connectivity index (χ2n) is 6.75. The maximum absolute atomic E-state index is 13.1. The number of carbonyl (C=O) groups is 2. The number of fused-ring (bicyclic) bond motifs is 1. The third-order valence-electron chi connectivity index (χ3n) is 5.01. The number of Topliss-reactive ketones (excluding diaryl/α,β-unsaturated/α-hetero) is 2. The Hall–Kier alpha value is -3.23. The van der Waals surface area contributed by atoms with E-state index in [1.54, 1.807) is 20.8 Å². The van der Waals surface area contributed by atoms with Gasteiger partial charge in [0.25, 0.3) is 5.56 Å². The molecule has 27 heavy (non-hydrogen) atoms. The molecule has 1 atom stereocenters. The van der Waals surface area contributed by atoms with Crippen molar-refractivity contribution in [2.75, 3.05) is 0 Å². The Balaban J connectivity index is 2.18. The number of ketones is 2. The molecule has 0 saturated heterocycles. The van der Waals surface area contributed by atoms with E-state index >= 15 is 0 Å². The van der Waals surface area contributed by atoms with Gasteiger partial charge in [-0.05, 0) is 33.3 Å². The fourth-order valence-corrected chi connectivity index (χ4v) is 3.52. The van der Waals surface area contributed by atoms with E-state index in [0.717, 1.165) is 4.57 Å². The molecule has 0 amide bonds. The SMILES string of the molecule is CC(=O)c1c(C)[nH]c(C(=O)[C@H](C)n2cnc3c2c(=O)n(C)c(=O)n3C)c1C. The van der Waals surface area contributed by atoms with Crippen LogP contribution in [0.5, 0.6) is 0 Å². The number of H-pyrrole nitrogens is 1. The summed E-state index contributed by atoms with van der Waals surface area (Å²) in [6.07, 6.45) is 1.38. The largest absolute Gasteiger partial charge is 0.355 e. The highest BCUT2D eigenvalue weighted by Crippen LogP contribution is 2.24. The smallest absolute Gasteiger partial charge is 0.332 e. The lowest BCUT2D eigenvalue weighted by atomic mass is 10.0. The molecule has 0 bridgehead atoms. The number of carbonyl (C=O) groups excluding carboxylic acids is 2. The number of hydrogen-bond acceptors (Lipinski definition) is 5. The van der Waals surface area contributed by atoms with Gasteiger partial charge in [-0.2, -0.15) is 0 Å². The second-order valence-corrected chi connectivity index (χ2v) is 6.75. The van der Waals surface area contributed by atoms with Crippen LogP contribution < -0.4 is 11.2 Å². The first-order valence-corrected chi connectivity index (χ1v) is 8.44. The van der Waals surface area contributed by atoms with Crippen molar-refractivity contribution in [3.05, 3.63) is 49.7 Å². The lowest BCUT2D eigenvalue weighted by Crippen LogP contribution is -2.38. The molecule has 0 aliphatic rings. The van der Waals surface area contributed by atoms with Gasteiger partial charge in [0, 0.05) is 25.4 Å². The highest BCUT2D eigenvalue weighted by Gasteiger charge is 2.27. The number of aryl methyl sites for hydroxylation is 2. The molecule has 0 saturated carbocycles. The lowest BCUT2D eigenvalue weighted by Gasteiger charge is -2.13. The Morgan fingerprint density at radius 2 is 1.78 bits per heavy atom. The number of imidazole rings is 1. The van der Waals surface area contributed by atoms with Crippen molar-refractivity contribution in [1.29, 1.82) is 0 Å². The molecule has 0 aliphatic heterocycles. The average molecular weight is 371 g/mol. The van der Waals surface area contributed by atoms with Gasteiger partial charge in [-0.3, -0.25) is 23.5 Å². The van der Waals surface area contributed by atoms with Crippen LogP contribution in [0.1, 0.15) is 52.0 Å². The quantitative estimate of drug-likeness (QED) is 0.688. The number of aromatic amines is 1. The van der Waals surface area contributed by atoms with Crippen LogP contribution >= 0.6 is 0 Å². The predicted molar refractivity (Wildman–Crippen MR) is 99.5 cm³/mol. The summed E-state index contributed by atoms with van der Waals surface area (Å²) in [7, 11) is 2.90. The molecule has 3 heterocycles. The highest BCUT2D eigenvalue weighted by molar-refractivity contribution is 6.04. The van der Waals surface area contributed by atoms with Gasteiger partial charge in [0.2, 0.25) is 5.78 Å². The number of aromatic nitrogens is 5. The summed E-state index contributed by atoms with van der Waals surface area (Å²) >= 11 is 0. The van der Waals surface area contributed by atoms with E-state index in [1.165, 1.54) is 36.5 Å². The molecule has 9 nitrogen and oxygen atoms in total. The van der Waals surface area contributed by atoms with Crippen LogP contribution in [0.4, 0.5) is 0 Å². The monoisotopic (exact) mass is 371 g/mol. The number of nitrogens with one attached hydrogen (secondary N) is 1. The minimum absolute atomic E-state index is 0.120. The predicted octanol–water partition coefficient (Wildman–Crippen LogP) is 1.03. The first-order chi connectivity index (χ1) is 12.6. The van der Waals surface area contributed by atoms with Crippen molar-refractivity contribution in [2.45, 2.75) is 33.7 Å². The zero-order valence-corrected chi connectivity index (χ0v) is 16.1. The van der Waals surface area contributed by atoms with E-state index in [4.69, 9.17) is 0 Å². The molecular formula is C18H21N5O4. The molecule has 0 unspecified atom stereocenters. The summed E-state index contributed by atoms with van der Waals surface area (Å²) in [4.78, 5) is 56.7. The van der Waals surface area contributed by atoms with Crippen molar-refractivity contribution in [3.63, 3.8) is 0 Å². The first-order valence-electron chi connectivity index (χ1n) is 8.44. The topological polar surface area (TPSA) is 112 Å². The Labute approximate surface area is 154 Å². The van der Waals surface area contributed by atoms with E-state index in [9.17, 15) is 19.2 Å². The molecule has 0 radical (unpaired) electrons. The third kappa shape index (κ3) is 2.57. The van der Waals surface area contributed by atoms with Crippen molar-refractivity contribution in [2.24, 2.45) is 14.1 Å². The van der Waals surface area contributed by atoms with Gasteiger partial charge >= 0.3 is 5.69 Å². The minimum atomic E-state index is -0.753. The van der Waals surface area contributed by atoms with Gasteiger partial charge < -0.3 is 9.55 Å². The number of hydrogen-bond donors (Lipinski definition) is 1. The molecular weight excluding hydrogens is 350 g/mol. The van der Waals surface area contributed by atoms with Crippen LogP contribution in [0.3, 0.4) is 0 Å². The van der Waals surface area contributed by atoms with Crippen molar-refractivity contribution >= 4 is 22.7 Å². The molecule has 3 aromatic heterocycles. The van der Waals surface area contributed by atoms with Crippen molar-refractivity contribution in [1.82, 2.24) is 23.7 Å². The molecule has 0 fully saturated rings. The van der Waals surface area contributed by atoms with E-state index < -0.39 is 17.3 Å². The van der Waals surface area contributed by atoms with Gasteiger partial charge in [-0.1, -0.05) is 0 Å². The van der Waals surface area contributed by atoms with Crippen LogP contribution in [0, 0.1) is 13.8 Å². The molecule has 0 aromatic carbocycles. The molecule has 9 heteroatoms. The van der Waals surface area contributed by atoms with Crippen LogP contribution in [0.15, 0.2) is 15.9 Å². The number of rotatable bonds is 4. The van der Waals surface area contributed by atoms with Crippen LogP contribution in [0.2, 0.25) is 0 Å². The van der Waals surface area contributed by atoms with Crippen LogP contribution in [0.25, 0.3) is 11.2 Å². The maximum Gasteiger partial charge on any atom is 0.332 e. The van der Waals surface area contributed by atoms with Gasteiger partial charge in [0.1, 0.15) is 0 Å². The van der Waals surface area contributed by atoms with E-state index in [-0.39, 0.29) is 22.7 Å². The second kappa shape index (κ2) is 6.19. The standard InChI is InChI=1S/C18H21N5O4/c1-8-12(11(4)24)9(2)20-13(8)15(25)10(3)23-7-19-16-14(23)17(26)22(6)18(27)21(16)5/h7,10,20H,1-6H3/t10-/m0/s1. The molecule has 3 rings (SSSR count). The lowest BCUT2D eigenvalue weighted by molar-refractivity contribution is 0.0931. The van der Waals surface area contributed by atoms with Gasteiger partial charge in [0.15, 0.2) is 16.9 Å². The maximum atomic E-state index is 13.1. The van der Waals surface area contributed by atoms with Crippen LogP contribution in [-0.4, -0.2) is 35.2 Å². The van der Waals surface area contributed by atoms with E-state index in [0.29, 0.717) is 22.5 Å². The molecule has 0 spiro atoms. The minimum Gasteiger partial charge on any atom is -0.355 e. The Morgan fingerprint density at radius 3 is 2.33 bits per heavy atom. The van der Waals surface area contributed by atoms with E-state index in [1.807, 2.05) is 0 Å². The third-order valence-corrected chi connectivity index (χ3v) is 5.01.